The first kappa shape index (κ1) is 18.9. The highest BCUT2D eigenvalue weighted by atomic mass is 16.5. The number of rotatable bonds is 6. The molecular formula is C22H24N6O2. The molecule has 8 heteroatoms. The predicted molar refractivity (Wildman–Crippen MR) is 114 cm³/mol. The molecule has 0 spiro atoms. The number of benzene rings is 1. The Morgan fingerprint density at radius 1 is 1.13 bits per heavy atom. The monoisotopic (exact) mass is 404 g/mol. The van der Waals surface area contributed by atoms with Gasteiger partial charge in [-0.2, -0.15) is 0 Å². The summed E-state index contributed by atoms with van der Waals surface area (Å²) in [5, 5.41) is 18.7. The van der Waals surface area contributed by atoms with Crippen molar-refractivity contribution in [1.82, 2.24) is 24.5 Å². The third kappa shape index (κ3) is 3.60. The smallest absolute Gasteiger partial charge is 0.187 e. The standard InChI is InChI=1S/C22H24N6O2/c23-17-8-9-27(14-17)12-15-4-7-20-25-26-22(28(20)13-15)18-6-5-16-2-1-3-19(21(16)24-18)30-11-10-29/h1-7,13,17,29H,8-12,14,23H2. The Morgan fingerprint density at radius 3 is 2.90 bits per heavy atom. The van der Waals surface area contributed by atoms with E-state index in [2.05, 4.69) is 27.4 Å². The first-order valence-corrected chi connectivity index (χ1v) is 10.2. The quantitative estimate of drug-likeness (QED) is 0.506. The summed E-state index contributed by atoms with van der Waals surface area (Å²) in [4.78, 5) is 7.18. The Kier molecular flexibility index (Phi) is 5.04. The minimum absolute atomic E-state index is 0.0460. The van der Waals surface area contributed by atoms with E-state index in [1.54, 1.807) is 0 Å². The number of fused-ring (bicyclic) bond motifs is 2. The van der Waals surface area contributed by atoms with E-state index in [0.29, 0.717) is 11.6 Å². The van der Waals surface area contributed by atoms with Gasteiger partial charge in [0.2, 0.25) is 0 Å². The normalized spacial score (nSPS) is 17.2. The molecule has 8 nitrogen and oxygen atoms in total. The zero-order chi connectivity index (χ0) is 20.5. The number of hydrogen-bond acceptors (Lipinski definition) is 7. The fraction of sp³-hybridized carbons (Fsp3) is 0.318. The molecule has 154 valence electrons. The third-order valence-electron chi connectivity index (χ3n) is 5.44. The summed E-state index contributed by atoms with van der Waals surface area (Å²) in [5.41, 5.74) is 9.46. The molecule has 30 heavy (non-hydrogen) atoms. The lowest BCUT2D eigenvalue weighted by atomic mass is 10.2. The van der Waals surface area contributed by atoms with Crippen molar-refractivity contribution in [2.45, 2.75) is 19.0 Å². The average Bonchev–Trinajstić information content (AvgIpc) is 3.37. The molecule has 3 aromatic heterocycles. The molecule has 3 N–H and O–H groups in total. The van der Waals surface area contributed by atoms with Crippen molar-refractivity contribution < 1.29 is 9.84 Å². The van der Waals surface area contributed by atoms with E-state index in [-0.39, 0.29) is 19.3 Å². The van der Waals surface area contributed by atoms with Crippen LogP contribution in [0.1, 0.15) is 12.0 Å². The lowest BCUT2D eigenvalue weighted by Gasteiger charge is -2.15. The average molecular weight is 404 g/mol. The Balaban J connectivity index is 1.52. The topological polar surface area (TPSA) is 102 Å². The van der Waals surface area contributed by atoms with Crippen LogP contribution in [0.3, 0.4) is 0 Å². The predicted octanol–water partition coefficient (Wildman–Crippen LogP) is 1.85. The maximum Gasteiger partial charge on any atom is 0.187 e. The SMILES string of the molecule is NC1CCN(Cc2ccc3nnc(-c4ccc5cccc(OCCO)c5n4)n3c2)C1. The van der Waals surface area contributed by atoms with Crippen LogP contribution >= 0.6 is 0 Å². The summed E-state index contributed by atoms with van der Waals surface area (Å²) >= 11 is 0. The number of aliphatic hydroxyl groups is 1. The lowest BCUT2D eigenvalue weighted by molar-refractivity contribution is 0.202. The minimum Gasteiger partial charge on any atom is -0.489 e. The van der Waals surface area contributed by atoms with Crippen LogP contribution in [0, 0.1) is 0 Å². The second kappa shape index (κ2) is 7.98. The first-order valence-electron chi connectivity index (χ1n) is 10.2. The van der Waals surface area contributed by atoms with Gasteiger partial charge in [-0.05, 0) is 30.2 Å². The Morgan fingerprint density at radius 2 is 2.07 bits per heavy atom. The van der Waals surface area contributed by atoms with Crippen molar-refractivity contribution in [1.29, 1.82) is 0 Å². The van der Waals surface area contributed by atoms with Gasteiger partial charge in [0, 0.05) is 37.3 Å². The number of aliphatic hydroxyl groups excluding tert-OH is 1. The molecule has 4 heterocycles. The highest BCUT2D eigenvalue weighted by molar-refractivity contribution is 5.86. The molecule has 1 unspecified atom stereocenters. The number of nitrogens with two attached hydrogens (primary N) is 1. The Hall–Kier alpha value is -3.07. The molecule has 0 aliphatic carbocycles. The molecule has 0 radical (unpaired) electrons. The number of hydrogen-bond donors (Lipinski definition) is 2. The number of pyridine rings is 2. The van der Waals surface area contributed by atoms with Gasteiger partial charge in [-0.1, -0.05) is 24.3 Å². The maximum atomic E-state index is 9.09. The van der Waals surface area contributed by atoms with Gasteiger partial charge < -0.3 is 15.6 Å². The summed E-state index contributed by atoms with van der Waals surface area (Å²) in [6, 6.07) is 14.0. The van der Waals surface area contributed by atoms with Crippen LogP contribution < -0.4 is 10.5 Å². The van der Waals surface area contributed by atoms with Crippen molar-refractivity contribution in [3.05, 3.63) is 54.2 Å². The van der Waals surface area contributed by atoms with E-state index >= 15 is 0 Å². The highest BCUT2D eigenvalue weighted by Crippen LogP contribution is 2.27. The lowest BCUT2D eigenvalue weighted by Crippen LogP contribution is -2.26. The molecule has 1 aliphatic rings. The van der Waals surface area contributed by atoms with Gasteiger partial charge in [-0.3, -0.25) is 9.30 Å². The zero-order valence-corrected chi connectivity index (χ0v) is 16.6. The second-order valence-corrected chi connectivity index (χ2v) is 7.67. The Bertz CT molecular complexity index is 1190. The number of ether oxygens (including phenoxy) is 1. The van der Waals surface area contributed by atoms with Gasteiger partial charge in [0.25, 0.3) is 0 Å². The molecule has 1 aliphatic heterocycles. The van der Waals surface area contributed by atoms with E-state index in [0.717, 1.165) is 48.3 Å². The summed E-state index contributed by atoms with van der Waals surface area (Å²) in [7, 11) is 0. The van der Waals surface area contributed by atoms with Crippen LogP contribution in [0.25, 0.3) is 28.1 Å². The van der Waals surface area contributed by atoms with Gasteiger partial charge in [-0.15, -0.1) is 10.2 Å². The third-order valence-corrected chi connectivity index (χ3v) is 5.44. The van der Waals surface area contributed by atoms with Gasteiger partial charge >= 0.3 is 0 Å². The second-order valence-electron chi connectivity index (χ2n) is 7.67. The number of likely N-dealkylation sites (tertiary alicyclic amines) is 1. The molecule has 1 saturated heterocycles. The number of para-hydroxylation sites is 1. The largest absolute Gasteiger partial charge is 0.489 e. The number of aromatic nitrogens is 4. The Labute approximate surface area is 173 Å². The summed E-state index contributed by atoms with van der Waals surface area (Å²) in [5.74, 6) is 1.33. The molecule has 0 bridgehead atoms. The van der Waals surface area contributed by atoms with Crippen molar-refractivity contribution in [3.8, 4) is 17.3 Å². The van der Waals surface area contributed by atoms with Crippen LogP contribution in [-0.4, -0.2) is 61.9 Å². The minimum atomic E-state index is -0.0460. The van der Waals surface area contributed by atoms with Crippen molar-refractivity contribution in [3.63, 3.8) is 0 Å². The zero-order valence-electron chi connectivity index (χ0n) is 16.6. The molecule has 5 rings (SSSR count). The van der Waals surface area contributed by atoms with Gasteiger partial charge in [0.05, 0.1) is 6.61 Å². The van der Waals surface area contributed by atoms with E-state index in [4.69, 9.17) is 20.6 Å². The van der Waals surface area contributed by atoms with Crippen LogP contribution in [0.15, 0.2) is 48.7 Å². The van der Waals surface area contributed by atoms with Crippen LogP contribution in [0.2, 0.25) is 0 Å². The van der Waals surface area contributed by atoms with E-state index in [9.17, 15) is 0 Å². The van der Waals surface area contributed by atoms with E-state index in [1.807, 2.05) is 40.8 Å². The first-order chi connectivity index (χ1) is 14.7. The molecule has 0 saturated carbocycles. The number of nitrogens with zero attached hydrogens (tertiary/aromatic N) is 5. The van der Waals surface area contributed by atoms with Gasteiger partial charge in [0.1, 0.15) is 23.6 Å². The van der Waals surface area contributed by atoms with Crippen LogP contribution in [0.5, 0.6) is 5.75 Å². The van der Waals surface area contributed by atoms with Crippen molar-refractivity contribution >= 4 is 16.6 Å². The fourth-order valence-corrected chi connectivity index (χ4v) is 3.98. The van der Waals surface area contributed by atoms with Crippen molar-refractivity contribution in [2.24, 2.45) is 5.73 Å². The van der Waals surface area contributed by atoms with Crippen LogP contribution in [0.4, 0.5) is 0 Å². The van der Waals surface area contributed by atoms with Gasteiger partial charge in [-0.25, -0.2) is 4.98 Å². The molecule has 0 amide bonds. The maximum absolute atomic E-state index is 9.09. The van der Waals surface area contributed by atoms with E-state index in [1.165, 1.54) is 5.56 Å². The summed E-state index contributed by atoms with van der Waals surface area (Å²) < 4.78 is 7.64. The van der Waals surface area contributed by atoms with Crippen LogP contribution in [-0.2, 0) is 6.54 Å². The summed E-state index contributed by atoms with van der Waals surface area (Å²) in [6.07, 6.45) is 3.12. The van der Waals surface area contributed by atoms with Crippen molar-refractivity contribution in [2.75, 3.05) is 26.3 Å². The molecule has 1 aromatic carbocycles. The highest BCUT2D eigenvalue weighted by Gasteiger charge is 2.19. The fourth-order valence-electron chi connectivity index (χ4n) is 3.98. The van der Waals surface area contributed by atoms with E-state index < -0.39 is 0 Å². The molecule has 1 atom stereocenters. The molecular weight excluding hydrogens is 380 g/mol. The summed E-state index contributed by atoms with van der Waals surface area (Å²) in [6.45, 7) is 2.98. The molecule has 1 fully saturated rings. The van der Waals surface area contributed by atoms with Gasteiger partial charge in [0.15, 0.2) is 11.5 Å². The molecule has 4 aromatic rings.